The molecule has 12 heteroatoms. The minimum Gasteiger partial charge on any atom is -0.455 e. The molecule has 2 heterocycles. The molecule has 6 rings (SSSR count). The number of nitrogens with zero attached hydrogens (tertiary/aromatic N) is 3. The number of sulfonamides is 1. The molecule has 6 aromatic rings. The largest absolute Gasteiger partial charge is 0.455 e. The van der Waals surface area contributed by atoms with Gasteiger partial charge in [0.15, 0.2) is 0 Å². The molecule has 0 aliphatic rings. The number of aromatic nitrogens is 2. The fourth-order valence-electron chi connectivity index (χ4n) is 5.78. The zero-order valence-corrected chi connectivity index (χ0v) is 26.9. The van der Waals surface area contributed by atoms with Gasteiger partial charge >= 0.3 is 0 Å². The average molecular weight is 673 g/mol. The molecule has 48 heavy (non-hydrogen) atoms. The maximum Gasteiger partial charge on any atom is 0.261 e. The van der Waals surface area contributed by atoms with E-state index < -0.39 is 27.8 Å². The van der Waals surface area contributed by atoms with Crippen LogP contribution in [0.1, 0.15) is 42.1 Å². The molecule has 1 atom stereocenters. The van der Waals surface area contributed by atoms with Gasteiger partial charge in [-0.05, 0) is 79.6 Å². The smallest absolute Gasteiger partial charge is 0.261 e. The van der Waals surface area contributed by atoms with Crippen molar-refractivity contribution in [1.29, 1.82) is 0 Å². The van der Waals surface area contributed by atoms with Gasteiger partial charge in [-0.2, -0.15) is 0 Å². The molecule has 0 saturated heterocycles. The van der Waals surface area contributed by atoms with Gasteiger partial charge in [0.2, 0.25) is 10.0 Å². The van der Waals surface area contributed by atoms with Crippen LogP contribution in [0.2, 0.25) is 0 Å². The van der Waals surface area contributed by atoms with E-state index in [9.17, 15) is 26.8 Å². The third-order valence-corrected chi connectivity index (χ3v) is 9.52. The SMILES string of the molecule is C.CNC(=O)c1c(-c2ccc(F)cc2)oc2cc(N(C)S(C)(=O)=O)c(-c3ccc4nc(C)n([C@H](C)c5ccc(F)cc5)c(=O)c4c3)cc12. The number of halogens is 2. The van der Waals surface area contributed by atoms with Gasteiger partial charge in [-0.15, -0.1) is 0 Å². The predicted octanol–water partition coefficient (Wildman–Crippen LogP) is 7.06. The summed E-state index contributed by atoms with van der Waals surface area (Å²) >= 11 is 0. The van der Waals surface area contributed by atoms with Crippen LogP contribution in [0.5, 0.6) is 0 Å². The van der Waals surface area contributed by atoms with Crippen molar-refractivity contribution in [2.24, 2.45) is 0 Å². The molecular weight excluding hydrogens is 638 g/mol. The number of carbonyl (C=O) groups is 1. The van der Waals surface area contributed by atoms with Gasteiger partial charge in [0.05, 0.1) is 34.5 Å². The van der Waals surface area contributed by atoms with Crippen molar-refractivity contribution in [3.8, 4) is 22.5 Å². The second kappa shape index (κ2) is 12.7. The normalized spacial score (nSPS) is 12.1. The van der Waals surface area contributed by atoms with Gasteiger partial charge < -0.3 is 9.73 Å². The molecule has 0 spiro atoms. The van der Waals surface area contributed by atoms with E-state index in [0.717, 1.165) is 16.1 Å². The van der Waals surface area contributed by atoms with E-state index in [-0.39, 0.29) is 46.8 Å². The Morgan fingerprint density at radius 2 is 1.54 bits per heavy atom. The Morgan fingerprint density at radius 1 is 0.938 bits per heavy atom. The van der Waals surface area contributed by atoms with E-state index in [1.807, 2.05) is 6.92 Å². The molecule has 0 saturated carbocycles. The molecule has 0 bridgehead atoms. The highest BCUT2D eigenvalue weighted by Crippen LogP contribution is 2.41. The van der Waals surface area contributed by atoms with Crippen LogP contribution in [0.3, 0.4) is 0 Å². The number of hydrogen-bond acceptors (Lipinski definition) is 6. The Hall–Kier alpha value is -5.36. The maximum atomic E-state index is 14.0. The molecule has 0 radical (unpaired) electrons. The summed E-state index contributed by atoms with van der Waals surface area (Å²) in [7, 11) is -0.912. The molecular formula is C36H34F2N4O5S. The number of fused-ring (bicyclic) bond motifs is 2. The zero-order chi connectivity index (χ0) is 33.8. The molecule has 0 aliphatic heterocycles. The first kappa shape index (κ1) is 34.0. The second-order valence-electron chi connectivity index (χ2n) is 11.3. The van der Waals surface area contributed by atoms with Crippen molar-refractivity contribution in [3.63, 3.8) is 0 Å². The molecule has 2 aromatic heterocycles. The number of aryl methyl sites for hydroxylation is 1. The predicted molar refractivity (Wildman–Crippen MR) is 185 cm³/mol. The van der Waals surface area contributed by atoms with Crippen LogP contribution in [0.4, 0.5) is 14.5 Å². The Kier molecular flexibility index (Phi) is 8.98. The van der Waals surface area contributed by atoms with Crippen molar-refractivity contribution in [3.05, 3.63) is 118 Å². The van der Waals surface area contributed by atoms with E-state index in [0.29, 0.717) is 33.4 Å². The summed E-state index contributed by atoms with van der Waals surface area (Å²) in [6, 6.07) is 19.1. The van der Waals surface area contributed by atoms with Gasteiger partial charge in [-0.1, -0.05) is 25.6 Å². The highest BCUT2D eigenvalue weighted by molar-refractivity contribution is 7.92. The topological polar surface area (TPSA) is 115 Å². The minimum atomic E-state index is -3.78. The van der Waals surface area contributed by atoms with E-state index in [1.54, 1.807) is 43.3 Å². The summed E-state index contributed by atoms with van der Waals surface area (Å²) in [5.41, 5.74) is 2.80. The Labute approximate surface area is 276 Å². The van der Waals surface area contributed by atoms with Crippen LogP contribution >= 0.6 is 0 Å². The lowest BCUT2D eigenvalue weighted by Gasteiger charge is -2.21. The van der Waals surface area contributed by atoms with Crippen LogP contribution in [0.25, 0.3) is 44.3 Å². The van der Waals surface area contributed by atoms with Crippen molar-refractivity contribution in [2.45, 2.75) is 27.3 Å². The molecule has 4 aromatic carbocycles. The number of nitrogens with one attached hydrogen (secondary N) is 1. The first-order valence-corrected chi connectivity index (χ1v) is 16.4. The first-order valence-electron chi connectivity index (χ1n) is 14.6. The van der Waals surface area contributed by atoms with E-state index in [1.165, 1.54) is 61.1 Å². The van der Waals surface area contributed by atoms with E-state index >= 15 is 0 Å². The molecule has 0 aliphatic carbocycles. The fraction of sp³-hybridized carbons (Fsp3) is 0.194. The number of carbonyl (C=O) groups excluding carboxylic acids is 1. The van der Waals surface area contributed by atoms with Crippen LogP contribution in [-0.2, 0) is 10.0 Å². The van der Waals surface area contributed by atoms with Gasteiger partial charge in [0.25, 0.3) is 11.5 Å². The summed E-state index contributed by atoms with van der Waals surface area (Å²) in [5.74, 6) is -0.666. The summed E-state index contributed by atoms with van der Waals surface area (Å²) in [5, 5.41) is 3.28. The number of benzene rings is 4. The third-order valence-electron chi connectivity index (χ3n) is 8.33. The summed E-state index contributed by atoms with van der Waals surface area (Å²) in [6.07, 6.45) is 1.06. The first-order chi connectivity index (χ1) is 22.3. The lowest BCUT2D eigenvalue weighted by atomic mass is 9.97. The van der Waals surface area contributed by atoms with Crippen molar-refractivity contribution < 1.29 is 26.4 Å². The van der Waals surface area contributed by atoms with Crippen LogP contribution in [0.15, 0.2) is 88.1 Å². The quantitative estimate of drug-likeness (QED) is 0.194. The van der Waals surface area contributed by atoms with Crippen molar-refractivity contribution >= 4 is 43.5 Å². The van der Waals surface area contributed by atoms with Crippen LogP contribution < -0.4 is 15.2 Å². The van der Waals surface area contributed by atoms with Crippen LogP contribution in [-0.4, -0.2) is 44.2 Å². The fourth-order valence-corrected chi connectivity index (χ4v) is 6.29. The maximum absolute atomic E-state index is 14.0. The highest BCUT2D eigenvalue weighted by Gasteiger charge is 2.26. The van der Waals surface area contributed by atoms with Gasteiger partial charge in [0.1, 0.15) is 28.8 Å². The molecule has 1 amide bonds. The zero-order valence-electron chi connectivity index (χ0n) is 26.1. The van der Waals surface area contributed by atoms with E-state index in [2.05, 4.69) is 10.3 Å². The molecule has 0 fully saturated rings. The standard InChI is InChI=1S/C35H30F2N4O5S.CH4/c1-19(21-6-11-24(36)12-7-21)41-20(2)39-29-15-10-23(16-27(29)35(41)43)26-17-28-31(18-30(26)40(4)47(5,44)45)46-33(32(28)34(42)38-3)22-8-13-25(37)14-9-22;/h6-19H,1-5H3,(H,38,42);1H4/t19-;/m1./s1. The summed E-state index contributed by atoms with van der Waals surface area (Å²) in [4.78, 5) is 31.9. The van der Waals surface area contributed by atoms with Crippen molar-refractivity contribution in [2.75, 3.05) is 24.7 Å². The Morgan fingerprint density at radius 3 is 2.15 bits per heavy atom. The van der Waals surface area contributed by atoms with Crippen LogP contribution in [0, 0.1) is 18.6 Å². The summed E-state index contributed by atoms with van der Waals surface area (Å²) in [6.45, 7) is 3.55. The molecule has 9 nitrogen and oxygen atoms in total. The number of furan rings is 1. The second-order valence-corrected chi connectivity index (χ2v) is 13.3. The summed E-state index contributed by atoms with van der Waals surface area (Å²) < 4.78 is 61.8. The Bertz CT molecular complexity index is 2370. The minimum absolute atomic E-state index is 0. The lowest BCUT2D eigenvalue weighted by molar-refractivity contribution is 0.0964. The average Bonchev–Trinajstić information content (AvgIpc) is 3.42. The number of hydrogen-bond donors (Lipinski definition) is 1. The molecule has 0 unspecified atom stereocenters. The number of anilines is 1. The molecule has 1 N–H and O–H groups in total. The lowest BCUT2D eigenvalue weighted by Crippen LogP contribution is -2.27. The van der Waals surface area contributed by atoms with Gasteiger partial charge in [-0.3, -0.25) is 18.5 Å². The third kappa shape index (κ3) is 5.95. The number of rotatable bonds is 7. The van der Waals surface area contributed by atoms with Gasteiger partial charge in [-0.25, -0.2) is 22.2 Å². The number of amides is 1. The van der Waals surface area contributed by atoms with E-state index in [4.69, 9.17) is 4.42 Å². The Balaban J connectivity index is 0.00000451. The van der Waals surface area contributed by atoms with Crippen molar-refractivity contribution in [1.82, 2.24) is 14.9 Å². The van der Waals surface area contributed by atoms with Gasteiger partial charge in [0, 0.05) is 36.7 Å². The molecule has 248 valence electrons. The highest BCUT2D eigenvalue weighted by atomic mass is 32.2. The monoisotopic (exact) mass is 672 g/mol.